The van der Waals surface area contributed by atoms with Crippen LogP contribution < -0.4 is 0 Å². The Morgan fingerprint density at radius 3 is 1.09 bits per heavy atom. The van der Waals surface area contributed by atoms with Crippen LogP contribution in [0.5, 0.6) is 0 Å². The summed E-state index contributed by atoms with van der Waals surface area (Å²) in [7, 11) is 0. The molecule has 1 fully saturated rings. The summed E-state index contributed by atoms with van der Waals surface area (Å²) < 4.78 is 4.99. The Labute approximate surface area is 448 Å². The minimum Gasteiger partial charge on any atom is -0.496 e. The van der Waals surface area contributed by atoms with Crippen LogP contribution >= 0.6 is 12.6 Å². The van der Waals surface area contributed by atoms with Gasteiger partial charge in [0, 0.05) is 6.42 Å². The largest absolute Gasteiger partial charge is 0.496 e. The lowest BCUT2D eigenvalue weighted by molar-refractivity contribution is -0.107. The standard InChI is InChI=1S/C20H40O.C8H18.C7H12S.C7H16.C6H12O.C6H12.C4H8.C4H10.2C2H6/c1-2-3-4-5-6-7-8-9-10-11-12-13-14-15-16-17-18-19-20-21;1-5-8(4)6-7(2)3;1-3-7(2)5-4-6-8;1-3-5-7-6-4-2;1-5-7-6(2,3)4;1-4-5-6(2)3;1-4-2-3-4;1-3-4-2;2*1-2/h20H,2-19H2,1H3;7-8H,5-6H2,1-4H3;3,5,8H,1,4,6H2,2H3;3-7H2,1-2H3;5H,1H2,2-4H3;2,4-5H2,1,3H3;4H,2-3H2,1H3;3-4H2,1-2H3;2*1-2H3/b;;7-5+;;;;;;;. The summed E-state index contributed by atoms with van der Waals surface area (Å²) in [6.07, 6.45) is 49.8. The summed E-state index contributed by atoms with van der Waals surface area (Å²) in [6, 6.07) is 0. The van der Waals surface area contributed by atoms with Crippen LogP contribution in [0.1, 0.15) is 344 Å². The van der Waals surface area contributed by atoms with Crippen molar-refractivity contribution in [2.24, 2.45) is 17.8 Å². The first-order valence-corrected chi connectivity index (χ1v) is 30.8. The molecule has 1 atom stereocenters. The second-order valence-corrected chi connectivity index (χ2v) is 20.7. The van der Waals surface area contributed by atoms with E-state index in [1.807, 2.05) is 61.5 Å². The fourth-order valence-electron chi connectivity index (χ4n) is 5.82. The van der Waals surface area contributed by atoms with Crippen LogP contribution in [0.2, 0.25) is 0 Å². The highest BCUT2D eigenvalue weighted by Gasteiger charge is 2.12. The molecular weight excluding hydrogens is 857 g/mol. The summed E-state index contributed by atoms with van der Waals surface area (Å²) in [4.78, 5) is 10.2. The summed E-state index contributed by atoms with van der Waals surface area (Å²) >= 11 is 4.06. The molecule has 1 aliphatic rings. The van der Waals surface area contributed by atoms with E-state index in [0.29, 0.717) is 0 Å². The van der Waals surface area contributed by atoms with Crippen LogP contribution in [0.15, 0.2) is 49.3 Å². The number of carbonyl (C=O) groups excluding carboxylic acids is 1. The number of hydrogen-bond donors (Lipinski definition) is 1. The van der Waals surface area contributed by atoms with E-state index in [1.165, 1.54) is 204 Å². The fourth-order valence-corrected chi connectivity index (χ4v) is 5.95. The first-order valence-electron chi connectivity index (χ1n) is 30.2. The van der Waals surface area contributed by atoms with Crippen LogP contribution in [0, 0.1) is 17.8 Å². The van der Waals surface area contributed by atoms with Crippen molar-refractivity contribution in [3.8, 4) is 0 Å². The molecule has 2 nitrogen and oxygen atoms in total. The Morgan fingerprint density at radius 2 is 0.928 bits per heavy atom. The molecule has 1 rings (SSSR count). The number of ether oxygens (including phenoxy) is 1. The normalized spacial score (nSPS) is 11.2. The van der Waals surface area contributed by atoms with Crippen molar-refractivity contribution in [3.05, 3.63) is 49.3 Å². The number of allylic oxidation sites excluding steroid dienone is 4. The SMILES string of the molecule is C=C(C)CCC.C=C/C(C)=C/CCS.C=COC(C)(C)C.CC.CC.CC1CC1.CCC(C)CC(C)C.CCCC.CCCCCCC.CCCCCCCCCCCCCCCCCCCC=O. The molecular formula is C66H140O2S. The molecule has 0 spiro atoms. The monoisotopic (exact) mass is 997 g/mol. The van der Waals surface area contributed by atoms with E-state index >= 15 is 0 Å². The molecule has 0 bridgehead atoms. The highest BCUT2D eigenvalue weighted by atomic mass is 32.1. The average Bonchev–Trinajstić information content (AvgIpc) is 4.13. The van der Waals surface area contributed by atoms with Gasteiger partial charge in [0.1, 0.15) is 6.29 Å². The van der Waals surface area contributed by atoms with Gasteiger partial charge in [0.15, 0.2) is 0 Å². The second-order valence-electron chi connectivity index (χ2n) is 20.3. The Hall–Kier alpha value is -1.22. The van der Waals surface area contributed by atoms with Crippen molar-refractivity contribution in [3.63, 3.8) is 0 Å². The molecule has 0 aromatic heterocycles. The highest BCUT2D eigenvalue weighted by Crippen LogP contribution is 2.26. The van der Waals surface area contributed by atoms with E-state index < -0.39 is 0 Å². The maximum Gasteiger partial charge on any atom is 0.119 e. The molecule has 1 unspecified atom stereocenters. The first-order chi connectivity index (χ1) is 32.9. The number of thiol groups is 1. The topological polar surface area (TPSA) is 26.3 Å². The van der Waals surface area contributed by atoms with E-state index in [4.69, 9.17) is 4.74 Å². The van der Waals surface area contributed by atoms with Crippen LogP contribution in [0.25, 0.3) is 0 Å². The van der Waals surface area contributed by atoms with Crippen LogP contribution in [0.4, 0.5) is 0 Å². The van der Waals surface area contributed by atoms with Crippen molar-refractivity contribution >= 4 is 18.9 Å². The van der Waals surface area contributed by atoms with E-state index in [9.17, 15) is 4.79 Å². The van der Waals surface area contributed by atoms with E-state index in [-0.39, 0.29) is 5.60 Å². The van der Waals surface area contributed by atoms with Gasteiger partial charge >= 0.3 is 0 Å². The molecule has 1 aliphatic carbocycles. The molecule has 1 saturated carbocycles. The van der Waals surface area contributed by atoms with Gasteiger partial charge in [0.05, 0.1) is 11.9 Å². The van der Waals surface area contributed by atoms with Crippen molar-refractivity contribution in [1.82, 2.24) is 0 Å². The molecule has 0 radical (unpaired) electrons. The molecule has 0 N–H and O–H groups in total. The Bertz CT molecular complexity index is 872. The number of aldehydes is 1. The van der Waals surface area contributed by atoms with E-state index in [1.54, 1.807) is 0 Å². The lowest BCUT2D eigenvalue weighted by Crippen LogP contribution is -2.14. The summed E-state index contributed by atoms with van der Waals surface area (Å²) in [5.41, 5.74) is 2.46. The number of carbonyl (C=O) groups is 1. The highest BCUT2D eigenvalue weighted by molar-refractivity contribution is 7.80. The molecule has 0 aliphatic heterocycles. The molecule has 0 heterocycles. The van der Waals surface area contributed by atoms with Crippen molar-refractivity contribution in [1.29, 1.82) is 0 Å². The maximum absolute atomic E-state index is 10.2. The van der Waals surface area contributed by atoms with Crippen LogP contribution in [-0.4, -0.2) is 17.6 Å². The van der Waals surface area contributed by atoms with Gasteiger partial charge in [-0.2, -0.15) is 12.6 Å². The molecule has 0 saturated heterocycles. The summed E-state index contributed by atoms with van der Waals surface area (Å²) in [6.45, 7) is 53.5. The third-order valence-electron chi connectivity index (χ3n) is 10.6. The molecule has 0 aromatic carbocycles. The maximum atomic E-state index is 10.2. The smallest absolute Gasteiger partial charge is 0.119 e. The van der Waals surface area contributed by atoms with Crippen LogP contribution in [0.3, 0.4) is 0 Å². The molecule has 422 valence electrons. The third-order valence-corrected chi connectivity index (χ3v) is 10.9. The number of hydrogen-bond acceptors (Lipinski definition) is 3. The predicted octanol–water partition coefficient (Wildman–Crippen LogP) is 25.3. The Kier molecular flexibility index (Phi) is 110. The summed E-state index contributed by atoms with van der Waals surface area (Å²) in [5, 5.41) is 0. The van der Waals surface area contributed by atoms with Gasteiger partial charge in [-0.3, -0.25) is 0 Å². The quantitative estimate of drug-likeness (QED) is 0.0182. The summed E-state index contributed by atoms with van der Waals surface area (Å²) in [5.74, 6) is 3.81. The molecule has 0 aromatic rings. The van der Waals surface area contributed by atoms with Gasteiger partial charge in [-0.1, -0.05) is 314 Å². The number of rotatable bonds is 32. The first kappa shape index (κ1) is 87.5. The minimum atomic E-state index is -0.0677. The van der Waals surface area contributed by atoms with Gasteiger partial charge < -0.3 is 9.53 Å². The van der Waals surface area contributed by atoms with Crippen molar-refractivity contribution in [2.45, 2.75) is 350 Å². The van der Waals surface area contributed by atoms with Gasteiger partial charge in [0.25, 0.3) is 0 Å². The van der Waals surface area contributed by atoms with E-state index in [0.717, 1.165) is 49.1 Å². The zero-order chi connectivity index (χ0) is 55.3. The third kappa shape index (κ3) is 146. The zero-order valence-corrected chi connectivity index (χ0v) is 53.2. The molecule has 3 heteroatoms. The Morgan fingerprint density at radius 1 is 0.594 bits per heavy atom. The minimum absolute atomic E-state index is 0.0677. The molecule has 0 amide bonds. The average molecular weight is 998 g/mol. The predicted molar refractivity (Wildman–Crippen MR) is 333 cm³/mol. The van der Waals surface area contributed by atoms with Crippen LogP contribution in [-0.2, 0) is 9.53 Å². The number of unbranched alkanes of at least 4 members (excludes halogenated alkanes) is 22. The van der Waals surface area contributed by atoms with E-state index in [2.05, 4.69) is 122 Å². The van der Waals surface area contributed by atoms with Gasteiger partial charge in [-0.05, 0) is 83.8 Å². The lowest BCUT2D eigenvalue weighted by atomic mass is 9.97. The van der Waals surface area contributed by atoms with Gasteiger partial charge in [-0.15, -0.1) is 6.58 Å². The zero-order valence-electron chi connectivity index (χ0n) is 52.3. The fraction of sp³-hybridized carbons (Fsp3) is 0.864. The van der Waals surface area contributed by atoms with Crippen molar-refractivity contribution < 1.29 is 9.53 Å². The van der Waals surface area contributed by atoms with Gasteiger partial charge in [-0.25, -0.2) is 0 Å². The Balaban J connectivity index is -0.0000000906. The van der Waals surface area contributed by atoms with Gasteiger partial charge in [0.2, 0.25) is 0 Å². The molecule has 69 heavy (non-hydrogen) atoms. The lowest BCUT2D eigenvalue weighted by Gasteiger charge is -2.16. The second kappa shape index (κ2) is 86.6. The van der Waals surface area contributed by atoms with Crippen molar-refractivity contribution in [2.75, 3.05) is 5.75 Å².